The van der Waals surface area contributed by atoms with E-state index < -0.39 is 0 Å². The summed E-state index contributed by atoms with van der Waals surface area (Å²) < 4.78 is 11.6. The average Bonchev–Trinajstić information content (AvgIpc) is 2.87. The summed E-state index contributed by atoms with van der Waals surface area (Å²) in [6, 6.07) is 5.66. The van der Waals surface area contributed by atoms with Crippen LogP contribution in [0.2, 0.25) is 5.15 Å². The molecule has 0 fully saturated rings. The first-order valence-electron chi connectivity index (χ1n) is 6.50. The van der Waals surface area contributed by atoms with E-state index >= 15 is 0 Å². The Morgan fingerprint density at radius 2 is 1.86 bits per heavy atom. The van der Waals surface area contributed by atoms with Crippen LogP contribution < -0.4 is 9.47 Å². The summed E-state index contributed by atoms with van der Waals surface area (Å²) in [4.78, 5) is 9.09. The SMILES string of the molecule is CC(C)(C)c1nc(-c2ccc3c(c2)OCO3)nc(Cl)c1I. The van der Waals surface area contributed by atoms with Crippen molar-refractivity contribution in [3.05, 3.63) is 32.6 Å². The van der Waals surface area contributed by atoms with E-state index in [1.54, 1.807) is 0 Å². The Morgan fingerprint density at radius 3 is 2.57 bits per heavy atom. The third-order valence-corrected chi connectivity index (χ3v) is 4.77. The van der Waals surface area contributed by atoms with Gasteiger partial charge in [-0.1, -0.05) is 32.4 Å². The molecule has 1 aliphatic rings. The first-order valence-corrected chi connectivity index (χ1v) is 7.95. The number of halogens is 2. The molecule has 0 saturated heterocycles. The number of nitrogens with zero attached hydrogens (tertiary/aromatic N) is 2. The Kier molecular flexibility index (Phi) is 3.73. The van der Waals surface area contributed by atoms with Crippen LogP contribution in [0.15, 0.2) is 18.2 Å². The summed E-state index contributed by atoms with van der Waals surface area (Å²) in [6.45, 7) is 6.58. The van der Waals surface area contributed by atoms with Crippen molar-refractivity contribution in [3.8, 4) is 22.9 Å². The highest BCUT2D eigenvalue weighted by Crippen LogP contribution is 2.36. The van der Waals surface area contributed by atoms with Crippen molar-refractivity contribution in [1.82, 2.24) is 9.97 Å². The van der Waals surface area contributed by atoms with Crippen LogP contribution in [0.3, 0.4) is 0 Å². The van der Waals surface area contributed by atoms with E-state index in [-0.39, 0.29) is 12.2 Å². The third kappa shape index (κ3) is 2.81. The van der Waals surface area contributed by atoms with Gasteiger partial charge in [-0.05, 0) is 40.8 Å². The molecule has 0 bridgehead atoms. The Hall–Kier alpha value is -1.08. The van der Waals surface area contributed by atoms with Gasteiger partial charge in [0.15, 0.2) is 17.3 Å². The molecule has 0 unspecified atom stereocenters. The summed E-state index contributed by atoms with van der Waals surface area (Å²) in [7, 11) is 0. The quantitative estimate of drug-likeness (QED) is 0.510. The second-order valence-corrected chi connectivity index (χ2v) is 7.26. The fourth-order valence-electron chi connectivity index (χ4n) is 2.08. The van der Waals surface area contributed by atoms with Gasteiger partial charge in [-0.25, -0.2) is 9.97 Å². The van der Waals surface area contributed by atoms with Crippen LogP contribution in [0.1, 0.15) is 26.5 Å². The summed E-state index contributed by atoms with van der Waals surface area (Å²) in [5.41, 5.74) is 1.70. The zero-order valence-electron chi connectivity index (χ0n) is 11.9. The van der Waals surface area contributed by atoms with Crippen LogP contribution in [-0.4, -0.2) is 16.8 Å². The highest BCUT2D eigenvalue weighted by molar-refractivity contribution is 14.1. The van der Waals surface area contributed by atoms with Crippen molar-refractivity contribution in [2.24, 2.45) is 0 Å². The van der Waals surface area contributed by atoms with Crippen LogP contribution in [-0.2, 0) is 5.41 Å². The van der Waals surface area contributed by atoms with Crippen molar-refractivity contribution in [2.75, 3.05) is 6.79 Å². The summed E-state index contributed by atoms with van der Waals surface area (Å²) in [6.07, 6.45) is 0. The smallest absolute Gasteiger partial charge is 0.231 e. The molecule has 0 radical (unpaired) electrons. The lowest BCUT2D eigenvalue weighted by Crippen LogP contribution is -2.17. The number of hydrogen-bond donors (Lipinski definition) is 0. The fraction of sp³-hybridized carbons (Fsp3) is 0.333. The summed E-state index contributed by atoms with van der Waals surface area (Å²) in [5.74, 6) is 2.05. The first kappa shape index (κ1) is 14.8. The maximum atomic E-state index is 6.28. The zero-order chi connectivity index (χ0) is 15.2. The predicted molar refractivity (Wildman–Crippen MR) is 90.0 cm³/mol. The molecule has 1 aromatic carbocycles. The minimum atomic E-state index is -0.103. The molecule has 0 N–H and O–H groups in total. The van der Waals surface area contributed by atoms with Crippen LogP contribution in [0.5, 0.6) is 11.5 Å². The van der Waals surface area contributed by atoms with Crippen molar-refractivity contribution < 1.29 is 9.47 Å². The lowest BCUT2D eigenvalue weighted by molar-refractivity contribution is 0.174. The molecule has 1 aliphatic heterocycles. The molecule has 110 valence electrons. The monoisotopic (exact) mass is 416 g/mol. The Balaban J connectivity index is 2.13. The van der Waals surface area contributed by atoms with E-state index in [2.05, 4.69) is 48.3 Å². The normalized spacial score (nSPS) is 13.6. The Labute approximate surface area is 142 Å². The topological polar surface area (TPSA) is 44.2 Å². The van der Waals surface area contributed by atoms with Gasteiger partial charge in [0.05, 0.1) is 9.26 Å². The molecule has 6 heteroatoms. The van der Waals surface area contributed by atoms with E-state index in [9.17, 15) is 0 Å². The molecular formula is C15H14ClIN2O2. The molecule has 0 spiro atoms. The molecule has 0 atom stereocenters. The second-order valence-electron chi connectivity index (χ2n) is 5.82. The van der Waals surface area contributed by atoms with Gasteiger partial charge in [-0.15, -0.1) is 0 Å². The molecule has 21 heavy (non-hydrogen) atoms. The van der Waals surface area contributed by atoms with Gasteiger partial charge in [-0.3, -0.25) is 0 Å². The number of fused-ring (bicyclic) bond motifs is 1. The molecule has 2 heterocycles. The molecule has 4 nitrogen and oxygen atoms in total. The van der Waals surface area contributed by atoms with E-state index in [4.69, 9.17) is 26.1 Å². The molecule has 0 amide bonds. The van der Waals surface area contributed by atoms with Crippen LogP contribution >= 0.6 is 34.2 Å². The van der Waals surface area contributed by atoms with Gasteiger partial charge in [0.1, 0.15) is 5.15 Å². The number of benzene rings is 1. The van der Waals surface area contributed by atoms with Crippen LogP contribution in [0, 0.1) is 3.57 Å². The van der Waals surface area contributed by atoms with Gasteiger partial charge in [0, 0.05) is 11.0 Å². The predicted octanol–water partition coefficient (Wildman–Crippen LogP) is 4.43. The van der Waals surface area contributed by atoms with Crippen LogP contribution in [0.4, 0.5) is 0 Å². The minimum Gasteiger partial charge on any atom is -0.454 e. The van der Waals surface area contributed by atoms with E-state index in [1.165, 1.54) is 0 Å². The maximum absolute atomic E-state index is 6.28. The standard InChI is InChI=1S/C15H14ClIN2O2/c1-15(2,3)12-11(17)13(16)19-14(18-12)8-4-5-9-10(6-8)21-7-20-9/h4-6H,7H2,1-3H3. The average molecular weight is 417 g/mol. The Morgan fingerprint density at radius 1 is 1.14 bits per heavy atom. The van der Waals surface area contributed by atoms with E-state index in [0.29, 0.717) is 16.7 Å². The van der Waals surface area contributed by atoms with Gasteiger partial charge < -0.3 is 9.47 Å². The van der Waals surface area contributed by atoms with Crippen molar-refractivity contribution >= 4 is 34.2 Å². The van der Waals surface area contributed by atoms with Gasteiger partial charge in [0.2, 0.25) is 6.79 Å². The highest BCUT2D eigenvalue weighted by Gasteiger charge is 2.23. The first-order chi connectivity index (χ1) is 9.86. The van der Waals surface area contributed by atoms with E-state index in [0.717, 1.165) is 20.6 Å². The number of ether oxygens (including phenoxy) is 2. The van der Waals surface area contributed by atoms with Crippen molar-refractivity contribution in [1.29, 1.82) is 0 Å². The molecular weight excluding hydrogens is 403 g/mol. The second kappa shape index (κ2) is 5.28. The zero-order valence-corrected chi connectivity index (χ0v) is 14.8. The lowest BCUT2D eigenvalue weighted by atomic mass is 9.92. The third-order valence-electron chi connectivity index (χ3n) is 3.15. The minimum absolute atomic E-state index is 0.103. The number of aromatic nitrogens is 2. The summed E-state index contributed by atoms with van der Waals surface area (Å²) in [5, 5.41) is 0.475. The molecule has 3 rings (SSSR count). The maximum Gasteiger partial charge on any atom is 0.231 e. The van der Waals surface area contributed by atoms with Crippen molar-refractivity contribution in [2.45, 2.75) is 26.2 Å². The summed E-state index contributed by atoms with van der Waals surface area (Å²) >= 11 is 8.47. The van der Waals surface area contributed by atoms with Crippen LogP contribution in [0.25, 0.3) is 11.4 Å². The van der Waals surface area contributed by atoms with Crippen molar-refractivity contribution in [3.63, 3.8) is 0 Å². The fourth-order valence-corrected chi connectivity index (χ4v) is 3.30. The number of rotatable bonds is 1. The molecule has 0 aliphatic carbocycles. The Bertz CT molecular complexity index is 714. The lowest BCUT2D eigenvalue weighted by Gasteiger charge is -2.20. The number of hydrogen-bond acceptors (Lipinski definition) is 4. The molecule has 0 saturated carbocycles. The van der Waals surface area contributed by atoms with Gasteiger partial charge in [-0.2, -0.15) is 0 Å². The highest BCUT2D eigenvalue weighted by atomic mass is 127. The van der Waals surface area contributed by atoms with Gasteiger partial charge in [0.25, 0.3) is 0 Å². The van der Waals surface area contributed by atoms with Gasteiger partial charge >= 0.3 is 0 Å². The van der Waals surface area contributed by atoms with E-state index in [1.807, 2.05) is 18.2 Å². The largest absolute Gasteiger partial charge is 0.454 e. The molecule has 1 aromatic heterocycles. The molecule has 2 aromatic rings.